The van der Waals surface area contributed by atoms with E-state index in [2.05, 4.69) is 28.2 Å². The molecule has 0 saturated carbocycles. The van der Waals surface area contributed by atoms with Gasteiger partial charge in [0, 0.05) is 41.5 Å². The molecule has 0 fully saturated rings. The highest BCUT2D eigenvalue weighted by Crippen LogP contribution is 2.34. The first-order valence-corrected chi connectivity index (χ1v) is 9.58. The second-order valence-corrected chi connectivity index (χ2v) is 7.31. The Morgan fingerprint density at radius 2 is 1.89 bits per heavy atom. The molecule has 5 heteroatoms. The Morgan fingerprint density at radius 3 is 2.64 bits per heavy atom. The first-order chi connectivity index (χ1) is 13.6. The number of aromatic nitrogens is 1. The zero-order chi connectivity index (χ0) is 19.5. The minimum Gasteiger partial charge on any atom is -0.467 e. The summed E-state index contributed by atoms with van der Waals surface area (Å²) < 4.78 is 7.41. The Balaban J connectivity index is 1.65. The molecule has 4 nitrogen and oxygen atoms in total. The second kappa shape index (κ2) is 7.95. The largest absolute Gasteiger partial charge is 0.467 e. The van der Waals surface area contributed by atoms with Gasteiger partial charge in [-0.15, -0.1) is 0 Å². The van der Waals surface area contributed by atoms with Gasteiger partial charge in [-0.1, -0.05) is 41.9 Å². The zero-order valence-electron chi connectivity index (χ0n) is 15.6. The maximum atomic E-state index is 12.7. The molecule has 1 amide bonds. The first kappa shape index (κ1) is 18.4. The third kappa shape index (κ3) is 3.82. The fraction of sp³-hybridized carbons (Fsp3) is 0.174. The molecule has 4 aromatic rings. The van der Waals surface area contributed by atoms with Crippen LogP contribution < -0.4 is 5.32 Å². The molecular formula is C23H21ClN2O2. The summed E-state index contributed by atoms with van der Waals surface area (Å²) in [5.74, 6) is 0.644. The van der Waals surface area contributed by atoms with E-state index in [1.54, 1.807) is 6.26 Å². The Hall–Kier alpha value is -2.98. The number of benzene rings is 2. The molecule has 0 aliphatic carbocycles. The fourth-order valence-electron chi connectivity index (χ4n) is 3.61. The molecule has 0 spiro atoms. The summed E-state index contributed by atoms with van der Waals surface area (Å²) in [6, 6.07) is 19.6. The van der Waals surface area contributed by atoms with Crippen LogP contribution in [0.5, 0.6) is 0 Å². The van der Waals surface area contributed by atoms with Gasteiger partial charge in [0.2, 0.25) is 5.91 Å². The van der Waals surface area contributed by atoms with Crippen molar-refractivity contribution in [2.45, 2.75) is 18.9 Å². The van der Waals surface area contributed by atoms with Gasteiger partial charge < -0.3 is 14.3 Å². The van der Waals surface area contributed by atoms with Gasteiger partial charge in [0.25, 0.3) is 0 Å². The lowest BCUT2D eigenvalue weighted by Gasteiger charge is -2.17. The van der Waals surface area contributed by atoms with Crippen LogP contribution >= 0.6 is 11.6 Å². The van der Waals surface area contributed by atoms with Crippen molar-refractivity contribution in [3.8, 4) is 0 Å². The van der Waals surface area contributed by atoms with Gasteiger partial charge in [0.15, 0.2) is 0 Å². The predicted molar refractivity (Wildman–Crippen MR) is 111 cm³/mol. The molecule has 4 rings (SSSR count). The lowest BCUT2D eigenvalue weighted by Crippen LogP contribution is -2.24. The highest BCUT2D eigenvalue weighted by Gasteiger charge is 2.22. The van der Waals surface area contributed by atoms with Gasteiger partial charge in [-0.05, 0) is 41.5 Å². The molecule has 0 unspecified atom stereocenters. The number of fused-ring (bicyclic) bond motifs is 1. The second-order valence-electron chi connectivity index (χ2n) is 6.88. The molecular weight excluding hydrogens is 372 g/mol. The van der Waals surface area contributed by atoms with Gasteiger partial charge >= 0.3 is 0 Å². The quantitative estimate of drug-likeness (QED) is 0.486. The van der Waals surface area contributed by atoms with Gasteiger partial charge in [-0.3, -0.25) is 4.79 Å². The minimum atomic E-state index is -0.0695. The molecule has 2 aromatic heterocycles. The van der Waals surface area contributed by atoms with Crippen molar-refractivity contribution < 1.29 is 9.21 Å². The van der Waals surface area contributed by atoms with Crippen LogP contribution in [0.25, 0.3) is 10.9 Å². The summed E-state index contributed by atoms with van der Waals surface area (Å²) in [5, 5.41) is 4.80. The summed E-state index contributed by atoms with van der Waals surface area (Å²) in [6.45, 7) is 0.384. The van der Waals surface area contributed by atoms with E-state index in [-0.39, 0.29) is 11.8 Å². The Kier molecular flexibility index (Phi) is 5.22. The monoisotopic (exact) mass is 392 g/mol. The molecule has 142 valence electrons. The van der Waals surface area contributed by atoms with Gasteiger partial charge in [0.05, 0.1) is 12.8 Å². The van der Waals surface area contributed by atoms with Crippen LogP contribution in [0, 0.1) is 0 Å². The number of aryl methyl sites for hydroxylation is 1. The fourth-order valence-corrected chi connectivity index (χ4v) is 3.74. The van der Waals surface area contributed by atoms with Gasteiger partial charge in [-0.2, -0.15) is 0 Å². The predicted octanol–water partition coefficient (Wildman–Crippen LogP) is 5.26. The van der Waals surface area contributed by atoms with Crippen LogP contribution in [-0.2, 0) is 18.4 Å². The van der Waals surface area contributed by atoms with Crippen LogP contribution in [-0.4, -0.2) is 10.5 Å². The Bertz CT molecular complexity index is 1080. The van der Waals surface area contributed by atoms with Crippen LogP contribution in [0.2, 0.25) is 5.02 Å². The van der Waals surface area contributed by atoms with Crippen molar-refractivity contribution >= 4 is 28.4 Å². The standard InChI is InChI=1S/C23H21ClN2O2/c1-26-15-21(19-6-2-3-7-22(19)26)20(16-8-10-17(24)11-9-16)13-23(27)25-14-18-5-4-12-28-18/h2-12,15,20H,13-14H2,1H3,(H,25,27)/t20-/m1/s1. The Morgan fingerprint density at radius 1 is 1.11 bits per heavy atom. The Labute approximate surface area is 168 Å². The average molecular weight is 393 g/mol. The number of hydrogen-bond acceptors (Lipinski definition) is 2. The molecule has 0 aliphatic rings. The molecule has 0 radical (unpaired) electrons. The first-order valence-electron chi connectivity index (χ1n) is 9.20. The summed E-state index contributed by atoms with van der Waals surface area (Å²) in [5.41, 5.74) is 3.34. The van der Waals surface area contributed by atoms with E-state index in [9.17, 15) is 4.79 Å². The van der Waals surface area contributed by atoms with E-state index in [4.69, 9.17) is 16.0 Å². The van der Waals surface area contributed by atoms with E-state index in [1.807, 2.05) is 55.6 Å². The molecule has 2 heterocycles. The SMILES string of the molecule is Cn1cc([C@H](CC(=O)NCc2ccco2)c2ccc(Cl)cc2)c2ccccc21. The third-order valence-electron chi connectivity index (χ3n) is 5.00. The summed E-state index contributed by atoms with van der Waals surface area (Å²) in [6.07, 6.45) is 4.06. The molecule has 2 aromatic carbocycles. The number of carbonyl (C=O) groups excluding carboxylic acids is 1. The maximum absolute atomic E-state index is 12.7. The van der Waals surface area contributed by atoms with Crippen LogP contribution in [0.4, 0.5) is 0 Å². The number of para-hydroxylation sites is 1. The molecule has 0 saturated heterocycles. The van der Waals surface area contributed by atoms with Crippen LogP contribution in [0.1, 0.15) is 29.2 Å². The van der Waals surface area contributed by atoms with E-state index >= 15 is 0 Å². The lowest BCUT2D eigenvalue weighted by molar-refractivity contribution is -0.121. The van der Waals surface area contributed by atoms with E-state index in [0.717, 1.165) is 27.8 Å². The number of carbonyl (C=O) groups is 1. The smallest absolute Gasteiger partial charge is 0.221 e. The number of amides is 1. The number of nitrogens with one attached hydrogen (secondary N) is 1. The van der Waals surface area contributed by atoms with Crippen molar-refractivity contribution in [1.29, 1.82) is 0 Å². The van der Waals surface area contributed by atoms with Gasteiger partial charge in [-0.25, -0.2) is 0 Å². The van der Waals surface area contributed by atoms with E-state index in [0.29, 0.717) is 18.0 Å². The van der Waals surface area contributed by atoms with Crippen LogP contribution in [0.3, 0.4) is 0 Å². The normalized spacial score (nSPS) is 12.2. The maximum Gasteiger partial charge on any atom is 0.221 e. The topological polar surface area (TPSA) is 47.2 Å². The lowest BCUT2D eigenvalue weighted by atomic mass is 9.88. The summed E-state index contributed by atoms with van der Waals surface area (Å²) in [7, 11) is 2.03. The van der Waals surface area contributed by atoms with Crippen molar-refractivity contribution in [1.82, 2.24) is 9.88 Å². The molecule has 0 bridgehead atoms. The minimum absolute atomic E-state index is 0.0238. The van der Waals surface area contributed by atoms with E-state index < -0.39 is 0 Å². The van der Waals surface area contributed by atoms with Crippen molar-refractivity contribution in [2.75, 3.05) is 0 Å². The molecule has 1 atom stereocenters. The van der Waals surface area contributed by atoms with Crippen molar-refractivity contribution in [3.05, 3.63) is 95.0 Å². The van der Waals surface area contributed by atoms with Gasteiger partial charge in [0.1, 0.15) is 5.76 Å². The van der Waals surface area contributed by atoms with E-state index in [1.165, 1.54) is 0 Å². The van der Waals surface area contributed by atoms with Crippen molar-refractivity contribution in [2.24, 2.45) is 7.05 Å². The molecule has 0 aliphatic heterocycles. The average Bonchev–Trinajstić information content (AvgIpc) is 3.34. The zero-order valence-corrected chi connectivity index (χ0v) is 16.3. The number of hydrogen-bond donors (Lipinski definition) is 1. The number of nitrogens with zero attached hydrogens (tertiary/aromatic N) is 1. The highest BCUT2D eigenvalue weighted by atomic mass is 35.5. The molecule has 1 N–H and O–H groups in total. The highest BCUT2D eigenvalue weighted by molar-refractivity contribution is 6.30. The number of furan rings is 1. The van der Waals surface area contributed by atoms with Crippen LogP contribution in [0.15, 0.2) is 77.5 Å². The molecule has 28 heavy (non-hydrogen) atoms. The summed E-state index contributed by atoms with van der Waals surface area (Å²) >= 11 is 6.08. The van der Waals surface area contributed by atoms with Crippen molar-refractivity contribution in [3.63, 3.8) is 0 Å². The number of halogens is 1. The number of rotatable bonds is 6. The summed E-state index contributed by atoms with van der Waals surface area (Å²) in [4.78, 5) is 12.7. The third-order valence-corrected chi connectivity index (χ3v) is 5.26.